The first-order valence-corrected chi connectivity index (χ1v) is 6.44. The number of amides is 2. The number of carboxylic acids is 1. The number of carbonyl (C=O) groups excluding carboxylic acids is 1. The molecule has 0 aliphatic rings. The van der Waals surface area contributed by atoms with Crippen LogP contribution in [0.1, 0.15) is 13.8 Å². The predicted octanol–water partition coefficient (Wildman–Crippen LogP) is 2.91. The molecular weight excluding hydrogens is 280 g/mol. The molecule has 108 valence electrons. The molecule has 0 fully saturated rings. The number of aliphatic carboxylic acids is 1. The van der Waals surface area contributed by atoms with Gasteiger partial charge in [-0.3, -0.25) is 9.69 Å². The van der Waals surface area contributed by atoms with Gasteiger partial charge in [0.05, 0.1) is 0 Å². The molecule has 0 heterocycles. The van der Waals surface area contributed by atoms with E-state index in [9.17, 15) is 9.59 Å². The molecule has 2 N–H and O–H groups in total. The van der Waals surface area contributed by atoms with Gasteiger partial charge in [0.15, 0.2) is 0 Å². The molecule has 0 radical (unpaired) electrons. The highest BCUT2D eigenvalue weighted by molar-refractivity contribution is 6.30. The minimum absolute atomic E-state index is 0.352. The summed E-state index contributed by atoms with van der Waals surface area (Å²) in [5.41, 5.74) is 1.55. The normalized spacial score (nSPS) is 9.75. The molecule has 0 unspecified atom stereocenters. The van der Waals surface area contributed by atoms with E-state index in [0.29, 0.717) is 17.3 Å². The summed E-state index contributed by atoms with van der Waals surface area (Å²) in [6, 6.07) is 5.95. The molecule has 6 heteroatoms. The third kappa shape index (κ3) is 5.32. The summed E-state index contributed by atoms with van der Waals surface area (Å²) >= 11 is 5.78. The Kier molecular flexibility index (Phi) is 6.06. The van der Waals surface area contributed by atoms with E-state index in [0.717, 1.165) is 10.5 Å². The Morgan fingerprint density at radius 3 is 2.40 bits per heavy atom. The summed E-state index contributed by atoms with van der Waals surface area (Å²) in [7, 11) is 0. The fourth-order valence-corrected chi connectivity index (χ4v) is 1.60. The topological polar surface area (TPSA) is 69.6 Å². The van der Waals surface area contributed by atoms with Gasteiger partial charge >= 0.3 is 12.0 Å². The molecule has 20 heavy (non-hydrogen) atoms. The minimum atomic E-state index is -1.09. The Hall–Kier alpha value is -2.01. The minimum Gasteiger partial charge on any atom is -0.480 e. The third-order valence-corrected chi connectivity index (χ3v) is 2.69. The molecule has 1 aromatic rings. The molecule has 0 atom stereocenters. The molecule has 5 nitrogen and oxygen atoms in total. The number of carbonyl (C=O) groups is 2. The van der Waals surface area contributed by atoms with Crippen LogP contribution in [0.25, 0.3) is 0 Å². The van der Waals surface area contributed by atoms with E-state index in [4.69, 9.17) is 16.7 Å². The molecule has 0 aliphatic carbocycles. The lowest BCUT2D eigenvalue weighted by Gasteiger charge is -2.21. The Morgan fingerprint density at radius 1 is 1.30 bits per heavy atom. The van der Waals surface area contributed by atoms with Crippen molar-refractivity contribution in [2.24, 2.45) is 0 Å². The van der Waals surface area contributed by atoms with Crippen molar-refractivity contribution in [2.75, 3.05) is 18.0 Å². The van der Waals surface area contributed by atoms with Gasteiger partial charge in [-0.25, -0.2) is 4.79 Å². The van der Waals surface area contributed by atoms with Gasteiger partial charge in [0, 0.05) is 17.3 Å². The summed E-state index contributed by atoms with van der Waals surface area (Å²) < 4.78 is 0. The SMILES string of the molecule is CC(C)=CCNC(=O)N(CC(=O)O)c1ccc(Cl)cc1. The molecule has 0 bridgehead atoms. The van der Waals surface area contributed by atoms with Crippen LogP contribution in [0.5, 0.6) is 0 Å². The zero-order valence-electron chi connectivity index (χ0n) is 11.4. The van der Waals surface area contributed by atoms with Gasteiger partial charge in [-0.1, -0.05) is 23.3 Å². The first-order valence-electron chi connectivity index (χ1n) is 6.06. The molecule has 1 rings (SSSR count). The van der Waals surface area contributed by atoms with E-state index in [2.05, 4.69) is 5.32 Å². The Bertz CT molecular complexity index is 508. The molecule has 1 aromatic carbocycles. The number of urea groups is 1. The second-order valence-corrected chi connectivity index (χ2v) is 4.86. The summed E-state index contributed by atoms with van der Waals surface area (Å²) in [5.74, 6) is -1.09. The van der Waals surface area contributed by atoms with Crippen LogP contribution in [0.4, 0.5) is 10.5 Å². The van der Waals surface area contributed by atoms with E-state index in [1.165, 1.54) is 0 Å². The molecule has 0 saturated heterocycles. The Morgan fingerprint density at radius 2 is 1.90 bits per heavy atom. The van der Waals surface area contributed by atoms with Gasteiger partial charge in [0.25, 0.3) is 0 Å². The van der Waals surface area contributed by atoms with Crippen LogP contribution in [0.15, 0.2) is 35.9 Å². The number of carboxylic acid groups (broad SMARTS) is 1. The molecule has 2 amide bonds. The van der Waals surface area contributed by atoms with Crippen LogP contribution >= 0.6 is 11.6 Å². The lowest BCUT2D eigenvalue weighted by atomic mass is 10.3. The van der Waals surface area contributed by atoms with Crippen LogP contribution in [0.3, 0.4) is 0 Å². The zero-order valence-corrected chi connectivity index (χ0v) is 12.1. The van der Waals surface area contributed by atoms with Crippen molar-refractivity contribution in [3.05, 3.63) is 40.9 Å². The fraction of sp³-hybridized carbons (Fsp3) is 0.286. The number of allylic oxidation sites excluding steroid dienone is 1. The quantitative estimate of drug-likeness (QED) is 0.821. The van der Waals surface area contributed by atoms with Crippen molar-refractivity contribution >= 4 is 29.3 Å². The van der Waals surface area contributed by atoms with Gasteiger partial charge in [0.2, 0.25) is 0 Å². The third-order valence-electron chi connectivity index (χ3n) is 2.44. The number of anilines is 1. The first-order chi connectivity index (χ1) is 9.40. The molecule has 0 saturated carbocycles. The maximum Gasteiger partial charge on any atom is 0.323 e. The van der Waals surface area contributed by atoms with Gasteiger partial charge in [-0.15, -0.1) is 0 Å². The first kappa shape index (κ1) is 16.0. The second-order valence-electron chi connectivity index (χ2n) is 4.42. The maximum atomic E-state index is 12.0. The van der Waals surface area contributed by atoms with Crippen LogP contribution < -0.4 is 10.2 Å². The molecular formula is C14H17ClN2O3. The van der Waals surface area contributed by atoms with Gasteiger partial charge < -0.3 is 10.4 Å². The van der Waals surface area contributed by atoms with Crippen molar-refractivity contribution in [3.8, 4) is 0 Å². The number of hydrogen-bond donors (Lipinski definition) is 2. The number of nitrogens with one attached hydrogen (secondary N) is 1. The summed E-state index contributed by atoms with van der Waals surface area (Å²) in [5, 5.41) is 12.1. The highest BCUT2D eigenvalue weighted by Crippen LogP contribution is 2.18. The standard InChI is InChI=1S/C14H17ClN2O3/c1-10(2)7-8-16-14(20)17(9-13(18)19)12-5-3-11(15)4-6-12/h3-7H,8-9H2,1-2H3,(H,16,20)(H,18,19). The van der Waals surface area contributed by atoms with E-state index < -0.39 is 18.5 Å². The van der Waals surface area contributed by atoms with Crippen LogP contribution in [0, 0.1) is 0 Å². The van der Waals surface area contributed by atoms with Gasteiger partial charge in [0.1, 0.15) is 6.54 Å². The van der Waals surface area contributed by atoms with Crippen LogP contribution in [-0.4, -0.2) is 30.2 Å². The van der Waals surface area contributed by atoms with Crippen LogP contribution in [0.2, 0.25) is 5.02 Å². The summed E-state index contributed by atoms with van der Waals surface area (Å²) in [6.45, 7) is 3.77. The number of benzene rings is 1. The van der Waals surface area contributed by atoms with Crippen molar-refractivity contribution < 1.29 is 14.7 Å². The highest BCUT2D eigenvalue weighted by atomic mass is 35.5. The average molecular weight is 297 g/mol. The fourth-order valence-electron chi connectivity index (χ4n) is 1.47. The molecule has 0 aromatic heterocycles. The Balaban J connectivity index is 2.83. The number of nitrogens with zero attached hydrogens (tertiary/aromatic N) is 1. The smallest absolute Gasteiger partial charge is 0.323 e. The number of rotatable bonds is 5. The monoisotopic (exact) mass is 296 g/mol. The second kappa shape index (κ2) is 7.55. The average Bonchev–Trinajstić information content (AvgIpc) is 2.36. The predicted molar refractivity (Wildman–Crippen MR) is 79.3 cm³/mol. The summed E-state index contributed by atoms with van der Waals surface area (Å²) in [4.78, 5) is 24.1. The van der Waals surface area contributed by atoms with Gasteiger partial charge in [-0.2, -0.15) is 0 Å². The highest BCUT2D eigenvalue weighted by Gasteiger charge is 2.18. The van der Waals surface area contributed by atoms with E-state index in [1.54, 1.807) is 24.3 Å². The van der Waals surface area contributed by atoms with E-state index in [1.807, 2.05) is 19.9 Å². The summed E-state index contributed by atoms with van der Waals surface area (Å²) in [6.07, 6.45) is 1.85. The maximum absolute atomic E-state index is 12.0. The van der Waals surface area contributed by atoms with Crippen molar-refractivity contribution in [3.63, 3.8) is 0 Å². The lowest BCUT2D eigenvalue weighted by molar-refractivity contribution is -0.135. The number of hydrogen-bond acceptors (Lipinski definition) is 2. The zero-order chi connectivity index (χ0) is 15.1. The van der Waals surface area contributed by atoms with Crippen LogP contribution in [-0.2, 0) is 4.79 Å². The molecule has 0 spiro atoms. The van der Waals surface area contributed by atoms with Crippen molar-refractivity contribution in [2.45, 2.75) is 13.8 Å². The Labute approximate surface area is 122 Å². The van der Waals surface area contributed by atoms with Crippen molar-refractivity contribution in [1.29, 1.82) is 0 Å². The van der Waals surface area contributed by atoms with Crippen molar-refractivity contribution in [1.82, 2.24) is 5.32 Å². The largest absolute Gasteiger partial charge is 0.480 e. The van der Waals surface area contributed by atoms with E-state index in [-0.39, 0.29) is 0 Å². The molecule has 0 aliphatic heterocycles. The number of halogens is 1. The lowest BCUT2D eigenvalue weighted by Crippen LogP contribution is -2.43. The van der Waals surface area contributed by atoms with Gasteiger partial charge in [-0.05, 0) is 38.1 Å². The van der Waals surface area contributed by atoms with E-state index >= 15 is 0 Å².